The molecule has 0 spiro atoms. The van der Waals surface area contributed by atoms with E-state index >= 15 is 0 Å². The van der Waals surface area contributed by atoms with Gasteiger partial charge in [0.2, 0.25) is 0 Å². The normalized spacial score (nSPS) is 18.8. The molecule has 1 aliphatic carbocycles. The number of aromatic nitrogens is 2. The Labute approximate surface area is 107 Å². The number of hydrogen-bond donors (Lipinski definition) is 2. The van der Waals surface area contributed by atoms with Crippen LogP contribution in [-0.4, -0.2) is 17.1 Å². The van der Waals surface area contributed by atoms with Crippen molar-refractivity contribution in [3.8, 4) is 0 Å². The third-order valence-electron chi connectivity index (χ3n) is 3.81. The topological polar surface area (TPSA) is 81.0 Å². The van der Waals surface area contributed by atoms with Crippen LogP contribution in [0.3, 0.4) is 0 Å². The zero-order valence-corrected chi connectivity index (χ0v) is 11.0. The molecule has 1 aromatic rings. The van der Waals surface area contributed by atoms with Gasteiger partial charge >= 0.3 is 0 Å². The number of anilines is 1. The number of hydrogen-bond acceptors (Lipinski definition) is 4. The summed E-state index contributed by atoms with van der Waals surface area (Å²) in [7, 11) is 1.66. The molecule has 3 N–H and O–H groups in total. The number of rotatable bonds is 3. The van der Waals surface area contributed by atoms with Gasteiger partial charge in [0.1, 0.15) is 17.7 Å². The minimum atomic E-state index is -0.171. The highest BCUT2D eigenvalue weighted by atomic mass is 16.5. The summed E-state index contributed by atoms with van der Waals surface area (Å²) in [6.45, 7) is 1.67. The summed E-state index contributed by atoms with van der Waals surface area (Å²) in [4.78, 5) is 18.8. The smallest absolute Gasteiger partial charge is 0.255 e. The van der Waals surface area contributed by atoms with Gasteiger partial charge in [0, 0.05) is 7.11 Å². The Morgan fingerprint density at radius 1 is 1.39 bits per heavy atom. The first-order chi connectivity index (χ1) is 8.63. The second-order valence-electron chi connectivity index (χ2n) is 5.02. The highest BCUT2D eigenvalue weighted by Crippen LogP contribution is 2.35. The van der Waals surface area contributed by atoms with Crippen LogP contribution in [0.4, 0.5) is 5.82 Å². The number of nitrogens with one attached hydrogen (secondary N) is 1. The van der Waals surface area contributed by atoms with Crippen molar-refractivity contribution in [1.29, 1.82) is 0 Å². The van der Waals surface area contributed by atoms with Crippen molar-refractivity contribution in [2.75, 3.05) is 12.8 Å². The molecule has 5 heteroatoms. The first kappa shape index (κ1) is 13.1. The van der Waals surface area contributed by atoms with E-state index in [9.17, 15) is 4.79 Å². The zero-order chi connectivity index (χ0) is 13.1. The summed E-state index contributed by atoms with van der Waals surface area (Å²) < 4.78 is 5.54. The lowest BCUT2D eigenvalue weighted by Gasteiger charge is -2.28. The highest BCUT2D eigenvalue weighted by molar-refractivity contribution is 5.36. The first-order valence-electron chi connectivity index (χ1n) is 6.52. The van der Waals surface area contributed by atoms with Gasteiger partial charge in [0.05, 0.1) is 5.56 Å². The van der Waals surface area contributed by atoms with Crippen molar-refractivity contribution in [2.45, 2.75) is 45.1 Å². The largest absolute Gasteiger partial charge is 0.383 e. The van der Waals surface area contributed by atoms with Gasteiger partial charge in [-0.1, -0.05) is 19.3 Å². The molecule has 1 unspecified atom stereocenters. The predicted molar refractivity (Wildman–Crippen MR) is 70.3 cm³/mol. The molecule has 5 nitrogen and oxygen atoms in total. The van der Waals surface area contributed by atoms with Crippen molar-refractivity contribution in [2.24, 2.45) is 5.92 Å². The fourth-order valence-electron chi connectivity index (χ4n) is 2.67. The van der Waals surface area contributed by atoms with E-state index in [1.807, 2.05) is 0 Å². The van der Waals surface area contributed by atoms with E-state index in [1.165, 1.54) is 19.3 Å². The number of aromatic amines is 1. The summed E-state index contributed by atoms with van der Waals surface area (Å²) in [6.07, 6.45) is 5.81. The highest BCUT2D eigenvalue weighted by Gasteiger charge is 2.27. The van der Waals surface area contributed by atoms with E-state index in [1.54, 1.807) is 14.0 Å². The molecule has 0 bridgehead atoms. The van der Waals surface area contributed by atoms with E-state index in [0.717, 1.165) is 12.8 Å². The molecule has 18 heavy (non-hydrogen) atoms. The Bertz CT molecular complexity index is 464. The molecule has 2 rings (SSSR count). The number of ether oxygens (including phenoxy) is 1. The Balaban J connectivity index is 2.29. The summed E-state index contributed by atoms with van der Waals surface area (Å²) in [5.74, 6) is 1.29. The molecule has 1 atom stereocenters. The molecule has 1 saturated carbocycles. The molecule has 0 saturated heterocycles. The van der Waals surface area contributed by atoms with Crippen LogP contribution in [0.15, 0.2) is 4.79 Å². The number of nitrogen functional groups attached to an aromatic ring is 1. The minimum Gasteiger partial charge on any atom is -0.383 e. The number of methoxy groups -OCH3 is 1. The van der Waals surface area contributed by atoms with Gasteiger partial charge in [-0.3, -0.25) is 4.79 Å². The Kier molecular flexibility index (Phi) is 4.01. The molecule has 0 aliphatic heterocycles. The van der Waals surface area contributed by atoms with Gasteiger partial charge < -0.3 is 15.5 Å². The molecular formula is C13H21N3O2. The standard InChI is InChI=1S/C13H21N3O2/c1-8-11(14)15-12(16-13(8)17)10(18-2)9-6-4-3-5-7-9/h9-10H,3-7H2,1-2H3,(H3,14,15,16,17). The third-order valence-corrected chi connectivity index (χ3v) is 3.81. The zero-order valence-electron chi connectivity index (χ0n) is 11.0. The van der Waals surface area contributed by atoms with Crippen LogP contribution in [0.5, 0.6) is 0 Å². The molecule has 0 aromatic carbocycles. The van der Waals surface area contributed by atoms with E-state index < -0.39 is 0 Å². The van der Waals surface area contributed by atoms with Crippen LogP contribution in [0.1, 0.15) is 49.6 Å². The van der Waals surface area contributed by atoms with Gasteiger partial charge in [-0.05, 0) is 25.7 Å². The van der Waals surface area contributed by atoms with Crippen LogP contribution >= 0.6 is 0 Å². The van der Waals surface area contributed by atoms with E-state index in [2.05, 4.69) is 9.97 Å². The van der Waals surface area contributed by atoms with Crippen LogP contribution in [0.2, 0.25) is 0 Å². The lowest BCUT2D eigenvalue weighted by atomic mass is 9.85. The van der Waals surface area contributed by atoms with Crippen molar-refractivity contribution >= 4 is 5.82 Å². The van der Waals surface area contributed by atoms with Crippen LogP contribution in [0, 0.1) is 12.8 Å². The molecule has 0 amide bonds. The second kappa shape index (κ2) is 5.52. The monoisotopic (exact) mass is 251 g/mol. The van der Waals surface area contributed by atoms with E-state index in [4.69, 9.17) is 10.5 Å². The second-order valence-corrected chi connectivity index (χ2v) is 5.02. The third kappa shape index (κ3) is 2.56. The lowest BCUT2D eigenvalue weighted by Crippen LogP contribution is -2.25. The van der Waals surface area contributed by atoms with Crippen LogP contribution < -0.4 is 11.3 Å². The van der Waals surface area contributed by atoms with Crippen LogP contribution in [0.25, 0.3) is 0 Å². The molecule has 1 heterocycles. The maximum absolute atomic E-state index is 11.7. The molecule has 1 fully saturated rings. The van der Waals surface area contributed by atoms with Crippen LogP contribution in [-0.2, 0) is 4.74 Å². The summed E-state index contributed by atoms with van der Waals surface area (Å²) >= 11 is 0. The number of H-pyrrole nitrogens is 1. The van der Waals surface area contributed by atoms with E-state index in [-0.39, 0.29) is 11.7 Å². The first-order valence-corrected chi connectivity index (χ1v) is 6.52. The summed E-state index contributed by atoms with van der Waals surface area (Å²) in [6, 6.07) is 0. The van der Waals surface area contributed by atoms with Crippen molar-refractivity contribution in [1.82, 2.24) is 9.97 Å². The van der Waals surface area contributed by atoms with Crippen molar-refractivity contribution < 1.29 is 4.74 Å². The van der Waals surface area contributed by atoms with Gasteiger partial charge in [0.25, 0.3) is 5.56 Å². The molecule has 1 aliphatic rings. The Morgan fingerprint density at radius 3 is 2.61 bits per heavy atom. The molecule has 100 valence electrons. The van der Waals surface area contributed by atoms with Gasteiger partial charge in [-0.25, -0.2) is 4.98 Å². The fraction of sp³-hybridized carbons (Fsp3) is 0.692. The predicted octanol–water partition coefficient (Wildman–Crippen LogP) is 1.93. The average molecular weight is 251 g/mol. The van der Waals surface area contributed by atoms with E-state index in [0.29, 0.717) is 23.1 Å². The molecular weight excluding hydrogens is 230 g/mol. The lowest BCUT2D eigenvalue weighted by molar-refractivity contribution is 0.0288. The Hall–Kier alpha value is -1.36. The molecule has 1 aromatic heterocycles. The minimum absolute atomic E-state index is 0.152. The Morgan fingerprint density at radius 2 is 2.06 bits per heavy atom. The van der Waals surface area contributed by atoms with Gasteiger partial charge in [-0.15, -0.1) is 0 Å². The van der Waals surface area contributed by atoms with Gasteiger partial charge in [0.15, 0.2) is 0 Å². The maximum atomic E-state index is 11.7. The fourth-order valence-corrected chi connectivity index (χ4v) is 2.67. The van der Waals surface area contributed by atoms with Gasteiger partial charge in [-0.2, -0.15) is 0 Å². The van der Waals surface area contributed by atoms with Crippen molar-refractivity contribution in [3.05, 3.63) is 21.7 Å². The summed E-state index contributed by atoms with van der Waals surface area (Å²) in [5, 5.41) is 0. The number of nitrogens with two attached hydrogens (primary N) is 1. The quantitative estimate of drug-likeness (QED) is 0.860. The van der Waals surface area contributed by atoms with Crippen molar-refractivity contribution in [3.63, 3.8) is 0 Å². The number of nitrogens with zero attached hydrogens (tertiary/aromatic N) is 1. The average Bonchev–Trinajstić information content (AvgIpc) is 2.38. The SMILES string of the molecule is COC(c1nc(N)c(C)c(=O)[nH]1)C1CCCCC1. The molecule has 0 radical (unpaired) electrons. The maximum Gasteiger partial charge on any atom is 0.255 e. The summed E-state index contributed by atoms with van der Waals surface area (Å²) in [5.41, 5.74) is 6.06.